The molecule has 0 bridgehead atoms. The molecule has 0 amide bonds. The number of tetrazole rings is 1. The van der Waals surface area contributed by atoms with Gasteiger partial charge in [-0.2, -0.15) is 4.68 Å². The summed E-state index contributed by atoms with van der Waals surface area (Å²) in [6.07, 6.45) is 0. The van der Waals surface area contributed by atoms with Gasteiger partial charge in [0.15, 0.2) is 5.82 Å². The molecular weight excluding hydrogens is 318 g/mol. The smallest absolute Gasteiger partial charge is 0.173 e. The Bertz CT molecular complexity index is 542. The van der Waals surface area contributed by atoms with Crippen LogP contribution >= 0.6 is 27.5 Å². The first kappa shape index (κ1) is 13.5. The third kappa shape index (κ3) is 2.71. The van der Waals surface area contributed by atoms with E-state index >= 15 is 0 Å². The zero-order valence-electron chi connectivity index (χ0n) is 10.1. The van der Waals surface area contributed by atoms with Crippen LogP contribution in [0.2, 0.25) is 5.02 Å². The van der Waals surface area contributed by atoms with Gasteiger partial charge in [0.2, 0.25) is 0 Å². The van der Waals surface area contributed by atoms with Gasteiger partial charge in [0.1, 0.15) is 0 Å². The highest BCUT2D eigenvalue weighted by Crippen LogP contribution is 2.25. The predicted octanol–water partition coefficient (Wildman–Crippen LogP) is 2.75. The lowest BCUT2D eigenvalue weighted by molar-refractivity contribution is 0.550. The van der Waals surface area contributed by atoms with E-state index < -0.39 is 0 Å². The van der Waals surface area contributed by atoms with Gasteiger partial charge in [-0.3, -0.25) is 0 Å². The van der Waals surface area contributed by atoms with Crippen LogP contribution in [0.25, 0.3) is 5.69 Å². The van der Waals surface area contributed by atoms with Crippen molar-refractivity contribution in [1.29, 1.82) is 0 Å². The van der Waals surface area contributed by atoms with Crippen LogP contribution in [0.15, 0.2) is 22.7 Å². The maximum Gasteiger partial charge on any atom is 0.173 e. The fourth-order valence-corrected chi connectivity index (χ4v) is 2.08. The minimum Gasteiger partial charge on any atom is -0.308 e. The highest BCUT2D eigenvalue weighted by Gasteiger charge is 2.15. The fourth-order valence-electron chi connectivity index (χ4n) is 1.66. The van der Waals surface area contributed by atoms with Crippen molar-refractivity contribution in [2.45, 2.75) is 19.9 Å². The Balaban J connectivity index is 2.39. The molecule has 1 N–H and O–H groups in total. The largest absolute Gasteiger partial charge is 0.308 e. The molecule has 7 heteroatoms. The molecule has 1 atom stereocenters. The Morgan fingerprint density at radius 2 is 2.28 bits per heavy atom. The van der Waals surface area contributed by atoms with E-state index in [1.807, 2.05) is 32.0 Å². The molecule has 1 aromatic carbocycles. The first-order valence-corrected chi connectivity index (χ1v) is 6.77. The summed E-state index contributed by atoms with van der Waals surface area (Å²) in [7, 11) is 0. The van der Waals surface area contributed by atoms with Crippen LogP contribution in [0.3, 0.4) is 0 Å². The lowest BCUT2D eigenvalue weighted by Crippen LogP contribution is -2.21. The second-order valence-corrected chi connectivity index (χ2v) is 5.09. The van der Waals surface area contributed by atoms with E-state index in [1.54, 1.807) is 4.68 Å². The van der Waals surface area contributed by atoms with E-state index in [9.17, 15) is 0 Å². The Kier molecular flexibility index (Phi) is 4.31. The summed E-state index contributed by atoms with van der Waals surface area (Å²) < 4.78 is 2.54. The molecule has 5 nitrogen and oxygen atoms in total. The number of nitrogens with zero attached hydrogens (tertiary/aromatic N) is 4. The van der Waals surface area contributed by atoms with Gasteiger partial charge in [0.05, 0.1) is 16.8 Å². The standard InChI is InChI=1S/C11H13BrClN5/c1-3-14-7(2)11-15-16-17-18(11)8-4-5-9(12)10(13)6-8/h4-7,14H,3H2,1-2H3. The van der Waals surface area contributed by atoms with E-state index in [1.165, 1.54) is 0 Å². The van der Waals surface area contributed by atoms with Crippen molar-refractivity contribution in [3.63, 3.8) is 0 Å². The molecule has 0 fully saturated rings. The van der Waals surface area contributed by atoms with Gasteiger partial charge >= 0.3 is 0 Å². The van der Waals surface area contributed by atoms with Crippen LogP contribution in [0, 0.1) is 0 Å². The maximum absolute atomic E-state index is 6.08. The number of aromatic nitrogens is 4. The van der Waals surface area contributed by atoms with Crippen molar-refractivity contribution >= 4 is 27.5 Å². The van der Waals surface area contributed by atoms with Crippen LogP contribution in [0.4, 0.5) is 0 Å². The lowest BCUT2D eigenvalue weighted by Gasteiger charge is -2.12. The first-order valence-electron chi connectivity index (χ1n) is 5.60. The third-order valence-electron chi connectivity index (χ3n) is 2.54. The SMILES string of the molecule is CCNC(C)c1nnnn1-c1ccc(Br)c(Cl)c1. The Morgan fingerprint density at radius 1 is 1.50 bits per heavy atom. The zero-order valence-corrected chi connectivity index (χ0v) is 12.4. The molecule has 96 valence electrons. The van der Waals surface area contributed by atoms with E-state index in [4.69, 9.17) is 11.6 Å². The second-order valence-electron chi connectivity index (χ2n) is 3.83. The molecule has 18 heavy (non-hydrogen) atoms. The Morgan fingerprint density at radius 3 is 2.94 bits per heavy atom. The number of benzene rings is 1. The van der Waals surface area contributed by atoms with Crippen LogP contribution in [-0.2, 0) is 0 Å². The normalized spacial score (nSPS) is 12.7. The van der Waals surface area contributed by atoms with Crippen LogP contribution in [0.5, 0.6) is 0 Å². The molecule has 0 radical (unpaired) electrons. The number of rotatable bonds is 4. The number of hydrogen-bond acceptors (Lipinski definition) is 4. The van der Waals surface area contributed by atoms with Crippen molar-refractivity contribution in [3.8, 4) is 5.69 Å². The minimum atomic E-state index is 0.0763. The van der Waals surface area contributed by atoms with Crippen molar-refractivity contribution in [2.75, 3.05) is 6.54 Å². The molecule has 0 spiro atoms. The molecule has 1 aromatic heterocycles. The quantitative estimate of drug-likeness (QED) is 0.936. The molecule has 1 heterocycles. The van der Waals surface area contributed by atoms with E-state index in [0.29, 0.717) is 5.02 Å². The van der Waals surface area contributed by atoms with Crippen molar-refractivity contribution in [2.24, 2.45) is 0 Å². The summed E-state index contributed by atoms with van der Waals surface area (Å²) in [5, 5.41) is 15.7. The Labute approximate surface area is 119 Å². The van der Waals surface area contributed by atoms with Crippen molar-refractivity contribution in [3.05, 3.63) is 33.5 Å². The molecule has 0 aliphatic rings. The molecule has 0 aliphatic heterocycles. The van der Waals surface area contributed by atoms with Gasteiger partial charge < -0.3 is 5.32 Å². The minimum absolute atomic E-state index is 0.0763. The van der Waals surface area contributed by atoms with Crippen LogP contribution < -0.4 is 5.32 Å². The number of nitrogens with one attached hydrogen (secondary N) is 1. The molecule has 0 saturated carbocycles. The molecule has 2 aromatic rings. The third-order valence-corrected chi connectivity index (χ3v) is 3.77. The predicted molar refractivity (Wildman–Crippen MR) is 74.0 cm³/mol. The maximum atomic E-state index is 6.08. The molecule has 0 saturated heterocycles. The summed E-state index contributed by atoms with van der Waals surface area (Å²) in [6, 6.07) is 5.69. The average molecular weight is 331 g/mol. The molecular formula is C11H13BrClN5. The van der Waals surface area contributed by atoms with Crippen molar-refractivity contribution < 1.29 is 0 Å². The second kappa shape index (κ2) is 5.77. The summed E-state index contributed by atoms with van der Waals surface area (Å²) >= 11 is 9.44. The van der Waals surface area contributed by atoms with E-state index in [2.05, 4.69) is 36.8 Å². The van der Waals surface area contributed by atoms with Gasteiger partial charge in [-0.25, -0.2) is 0 Å². The molecule has 2 rings (SSSR count). The number of hydrogen-bond donors (Lipinski definition) is 1. The lowest BCUT2D eigenvalue weighted by atomic mass is 10.3. The van der Waals surface area contributed by atoms with Crippen LogP contribution in [0.1, 0.15) is 25.7 Å². The number of halogens is 2. The highest BCUT2D eigenvalue weighted by molar-refractivity contribution is 9.10. The molecule has 0 aliphatic carbocycles. The summed E-state index contributed by atoms with van der Waals surface area (Å²) in [5.74, 6) is 0.759. The highest BCUT2D eigenvalue weighted by atomic mass is 79.9. The Hall–Kier alpha value is -0.980. The fraction of sp³-hybridized carbons (Fsp3) is 0.364. The topological polar surface area (TPSA) is 55.6 Å². The van der Waals surface area contributed by atoms with Gasteiger partial charge in [0, 0.05) is 4.47 Å². The monoisotopic (exact) mass is 329 g/mol. The summed E-state index contributed by atoms with van der Waals surface area (Å²) in [4.78, 5) is 0. The van der Waals surface area contributed by atoms with Gasteiger partial charge in [0.25, 0.3) is 0 Å². The van der Waals surface area contributed by atoms with Gasteiger partial charge in [-0.15, -0.1) is 5.10 Å². The first-order chi connectivity index (χ1) is 8.63. The van der Waals surface area contributed by atoms with E-state index in [0.717, 1.165) is 22.5 Å². The zero-order chi connectivity index (χ0) is 13.1. The van der Waals surface area contributed by atoms with Gasteiger partial charge in [-0.1, -0.05) is 18.5 Å². The van der Waals surface area contributed by atoms with Gasteiger partial charge in [-0.05, 0) is 58.0 Å². The van der Waals surface area contributed by atoms with Crippen molar-refractivity contribution in [1.82, 2.24) is 25.5 Å². The molecule has 1 unspecified atom stereocenters. The van der Waals surface area contributed by atoms with Crippen LogP contribution in [-0.4, -0.2) is 26.8 Å². The summed E-state index contributed by atoms with van der Waals surface area (Å²) in [5.41, 5.74) is 0.841. The van der Waals surface area contributed by atoms with E-state index in [-0.39, 0.29) is 6.04 Å². The summed E-state index contributed by atoms with van der Waals surface area (Å²) in [6.45, 7) is 4.92. The average Bonchev–Trinajstić information content (AvgIpc) is 2.82.